The molecule has 0 atom stereocenters. The Kier molecular flexibility index (Phi) is 7.24. The van der Waals surface area contributed by atoms with Gasteiger partial charge in [0.05, 0.1) is 10.6 Å². The number of benzene rings is 1. The van der Waals surface area contributed by atoms with Crippen LogP contribution < -0.4 is 10.6 Å². The third-order valence-corrected chi connectivity index (χ3v) is 4.84. The molecule has 0 spiro atoms. The van der Waals surface area contributed by atoms with E-state index in [0.29, 0.717) is 41.6 Å². The van der Waals surface area contributed by atoms with E-state index in [9.17, 15) is 9.59 Å². The van der Waals surface area contributed by atoms with E-state index in [4.69, 9.17) is 11.6 Å². The number of halogens is 2. The molecule has 7 nitrogen and oxygen atoms in total. The predicted molar refractivity (Wildman–Crippen MR) is 108 cm³/mol. The standard InChI is InChI=1S/C18H22ClN5O2.ClH/c1-3-24(4-2)18(26)12-6-5-11(9-14(12)19)21-17(25)16-13-10-20-8-7-15(13)22-23-16;/h5-6,9,20H,3-4,7-8,10H2,1-2H3,(H,21,25)(H,22,23);1H. The van der Waals surface area contributed by atoms with E-state index in [2.05, 4.69) is 20.8 Å². The lowest BCUT2D eigenvalue weighted by Gasteiger charge is -2.19. The average Bonchev–Trinajstić information content (AvgIpc) is 3.07. The lowest BCUT2D eigenvalue weighted by atomic mass is 10.1. The van der Waals surface area contributed by atoms with Crippen LogP contribution in [0.3, 0.4) is 0 Å². The van der Waals surface area contributed by atoms with Crippen LogP contribution in [-0.4, -0.2) is 46.5 Å². The Bertz CT molecular complexity index is 833. The van der Waals surface area contributed by atoms with E-state index in [1.807, 2.05) is 13.8 Å². The van der Waals surface area contributed by atoms with E-state index in [0.717, 1.165) is 24.2 Å². The Morgan fingerprint density at radius 1 is 1.30 bits per heavy atom. The van der Waals surface area contributed by atoms with Crippen LogP contribution in [0.1, 0.15) is 46.0 Å². The summed E-state index contributed by atoms with van der Waals surface area (Å²) >= 11 is 6.28. The SMILES string of the molecule is CCN(CC)C(=O)c1ccc(NC(=O)c2n[nH]c3c2CNCC3)cc1Cl.Cl. The number of hydrogen-bond donors (Lipinski definition) is 3. The number of rotatable bonds is 5. The summed E-state index contributed by atoms with van der Waals surface area (Å²) in [6.45, 7) is 6.55. The Labute approximate surface area is 169 Å². The Hall–Kier alpha value is -2.09. The fraction of sp³-hybridized carbons (Fsp3) is 0.389. The number of aromatic amines is 1. The van der Waals surface area contributed by atoms with Gasteiger partial charge in [-0.05, 0) is 32.0 Å². The smallest absolute Gasteiger partial charge is 0.276 e. The van der Waals surface area contributed by atoms with Gasteiger partial charge in [0, 0.05) is 49.5 Å². The fourth-order valence-electron chi connectivity index (χ4n) is 3.05. The first-order valence-electron chi connectivity index (χ1n) is 8.72. The molecule has 2 heterocycles. The van der Waals surface area contributed by atoms with Crippen LogP contribution in [0.25, 0.3) is 0 Å². The minimum absolute atomic E-state index is 0. The van der Waals surface area contributed by atoms with Gasteiger partial charge in [0.15, 0.2) is 5.69 Å². The molecule has 0 radical (unpaired) electrons. The largest absolute Gasteiger partial charge is 0.339 e. The molecule has 0 aliphatic carbocycles. The number of amides is 2. The Balaban J connectivity index is 0.00000261. The molecular weight excluding hydrogens is 389 g/mol. The van der Waals surface area contributed by atoms with Crippen molar-refractivity contribution in [1.29, 1.82) is 0 Å². The summed E-state index contributed by atoms with van der Waals surface area (Å²) in [5.41, 5.74) is 3.22. The van der Waals surface area contributed by atoms with Crippen molar-refractivity contribution in [2.24, 2.45) is 0 Å². The van der Waals surface area contributed by atoms with Crippen LogP contribution in [0.15, 0.2) is 18.2 Å². The van der Waals surface area contributed by atoms with Gasteiger partial charge in [0.2, 0.25) is 0 Å². The molecule has 2 aromatic rings. The first kappa shape index (κ1) is 21.2. The van der Waals surface area contributed by atoms with E-state index in [-0.39, 0.29) is 24.2 Å². The molecule has 146 valence electrons. The summed E-state index contributed by atoms with van der Waals surface area (Å²) in [6.07, 6.45) is 0.823. The number of H-pyrrole nitrogens is 1. The van der Waals surface area contributed by atoms with Crippen LogP contribution in [0.4, 0.5) is 5.69 Å². The van der Waals surface area contributed by atoms with Crippen LogP contribution >= 0.6 is 24.0 Å². The molecule has 0 saturated carbocycles. The molecule has 1 aliphatic rings. The second-order valence-electron chi connectivity index (χ2n) is 6.08. The summed E-state index contributed by atoms with van der Waals surface area (Å²) in [7, 11) is 0. The zero-order valence-corrected chi connectivity index (χ0v) is 16.8. The molecule has 0 bridgehead atoms. The van der Waals surface area contributed by atoms with Crippen molar-refractivity contribution < 1.29 is 9.59 Å². The highest BCUT2D eigenvalue weighted by Crippen LogP contribution is 2.23. The number of nitrogens with one attached hydrogen (secondary N) is 3. The normalized spacial score (nSPS) is 12.7. The minimum atomic E-state index is -0.301. The number of fused-ring (bicyclic) bond motifs is 1. The summed E-state index contributed by atoms with van der Waals surface area (Å²) < 4.78 is 0. The van der Waals surface area contributed by atoms with Crippen molar-refractivity contribution in [2.75, 3.05) is 25.0 Å². The number of nitrogens with zero attached hydrogens (tertiary/aromatic N) is 2. The van der Waals surface area contributed by atoms with Gasteiger partial charge in [0.25, 0.3) is 11.8 Å². The van der Waals surface area contributed by atoms with E-state index >= 15 is 0 Å². The quantitative estimate of drug-likeness (QED) is 0.705. The lowest BCUT2D eigenvalue weighted by molar-refractivity contribution is 0.0773. The summed E-state index contributed by atoms with van der Waals surface area (Å²) in [5, 5.41) is 13.4. The molecule has 3 N–H and O–H groups in total. The summed E-state index contributed by atoms with van der Waals surface area (Å²) in [5.74, 6) is -0.421. The van der Waals surface area contributed by atoms with Crippen molar-refractivity contribution >= 4 is 41.5 Å². The van der Waals surface area contributed by atoms with Gasteiger partial charge >= 0.3 is 0 Å². The average molecular weight is 412 g/mol. The van der Waals surface area contributed by atoms with E-state index in [1.165, 1.54) is 0 Å². The maximum atomic E-state index is 12.5. The zero-order valence-electron chi connectivity index (χ0n) is 15.3. The Morgan fingerprint density at radius 3 is 2.70 bits per heavy atom. The second-order valence-corrected chi connectivity index (χ2v) is 6.49. The molecular formula is C18H23Cl2N5O2. The molecule has 27 heavy (non-hydrogen) atoms. The van der Waals surface area contributed by atoms with Crippen molar-refractivity contribution in [3.05, 3.63) is 45.7 Å². The number of anilines is 1. The Morgan fingerprint density at radius 2 is 2.04 bits per heavy atom. The molecule has 1 aromatic carbocycles. The predicted octanol–water partition coefficient (Wildman–Crippen LogP) is 2.86. The highest BCUT2D eigenvalue weighted by atomic mass is 35.5. The van der Waals surface area contributed by atoms with Crippen LogP contribution in [0, 0.1) is 0 Å². The maximum Gasteiger partial charge on any atom is 0.276 e. The molecule has 0 saturated heterocycles. The summed E-state index contributed by atoms with van der Waals surface area (Å²) in [4.78, 5) is 26.7. The van der Waals surface area contributed by atoms with Crippen molar-refractivity contribution in [3.8, 4) is 0 Å². The van der Waals surface area contributed by atoms with Gasteiger partial charge in [-0.3, -0.25) is 14.7 Å². The lowest BCUT2D eigenvalue weighted by Crippen LogP contribution is -2.30. The molecule has 3 rings (SSSR count). The van der Waals surface area contributed by atoms with E-state index < -0.39 is 0 Å². The number of aromatic nitrogens is 2. The second kappa shape index (κ2) is 9.21. The zero-order chi connectivity index (χ0) is 18.7. The highest BCUT2D eigenvalue weighted by molar-refractivity contribution is 6.34. The fourth-order valence-corrected chi connectivity index (χ4v) is 3.31. The van der Waals surface area contributed by atoms with Gasteiger partial charge in [-0.25, -0.2) is 0 Å². The first-order chi connectivity index (χ1) is 12.5. The van der Waals surface area contributed by atoms with Crippen molar-refractivity contribution in [1.82, 2.24) is 20.4 Å². The first-order valence-corrected chi connectivity index (χ1v) is 9.09. The third kappa shape index (κ3) is 4.43. The molecule has 0 fully saturated rings. The highest BCUT2D eigenvalue weighted by Gasteiger charge is 2.22. The summed E-state index contributed by atoms with van der Waals surface area (Å²) in [6, 6.07) is 4.91. The molecule has 9 heteroatoms. The molecule has 0 unspecified atom stereocenters. The van der Waals surface area contributed by atoms with Gasteiger partial charge in [-0.1, -0.05) is 11.6 Å². The van der Waals surface area contributed by atoms with Gasteiger partial charge in [-0.2, -0.15) is 5.10 Å². The minimum Gasteiger partial charge on any atom is -0.339 e. The monoisotopic (exact) mass is 411 g/mol. The van der Waals surface area contributed by atoms with E-state index in [1.54, 1.807) is 23.1 Å². The van der Waals surface area contributed by atoms with Crippen LogP contribution in [-0.2, 0) is 13.0 Å². The third-order valence-electron chi connectivity index (χ3n) is 4.53. The number of carbonyl (C=O) groups excluding carboxylic acids is 2. The molecule has 1 aliphatic heterocycles. The maximum absolute atomic E-state index is 12.5. The number of carbonyl (C=O) groups is 2. The van der Waals surface area contributed by atoms with Gasteiger partial charge in [0.1, 0.15) is 0 Å². The molecule has 2 amide bonds. The van der Waals surface area contributed by atoms with Crippen molar-refractivity contribution in [2.45, 2.75) is 26.8 Å². The number of hydrogen-bond acceptors (Lipinski definition) is 4. The molecule has 1 aromatic heterocycles. The topological polar surface area (TPSA) is 90.1 Å². The van der Waals surface area contributed by atoms with Crippen LogP contribution in [0.2, 0.25) is 5.02 Å². The van der Waals surface area contributed by atoms with Gasteiger partial charge in [-0.15, -0.1) is 12.4 Å². The van der Waals surface area contributed by atoms with Crippen LogP contribution in [0.5, 0.6) is 0 Å². The van der Waals surface area contributed by atoms with Gasteiger partial charge < -0.3 is 15.5 Å². The van der Waals surface area contributed by atoms with Crippen molar-refractivity contribution in [3.63, 3.8) is 0 Å².